The molecule has 0 unspecified atom stereocenters. The van der Waals surface area contributed by atoms with Crippen LogP contribution < -0.4 is 5.32 Å². The summed E-state index contributed by atoms with van der Waals surface area (Å²) in [5.41, 5.74) is 2.88. The maximum absolute atomic E-state index is 13.3. The molecule has 2 aromatic carbocycles. The van der Waals surface area contributed by atoms with Crippen LogP contribution in [0.3, 0.4) is 0 Å². The zero-order chi connectivity index (χ0) is 22.5. The Morgan fingerprint density at radius 1 is 1.09 bits per heavy atom. The van der Waals surface area contributed by atoms with Gasteiger partial charge in [-0.3, -0.25) is 4.79 Å². The Morgan fingerprint density at radius 3 is 2.59 bits per heavy atom. The van der Waals surface area contributed by atoms with E-state index in [2.05, 4.69) is 15.5 Å². The highest BCUT2D eigenvalue weighted by molar-refractivity contribution is 6.04. The van der Waals surface area contributed by atoms with Gasteiger partial charge < -0.3 is 14.6 Å². The summed E-state index contributed by atoms with van der Waals surface area (Å²) in [7, 11) is 0. The molecule has 8 heteroatoms. The fourth-order valence-corrected chi connectivity index (χ4v) is 3.28. The molecule has 0 bridgehead atoms. The average Bonchev–Trinajstić information content (AvgIpc) is 3.19. The SMILES string of the molecule is Cc1noc2nc(-c3ccc(F)cc3)cc(C(=O)OCC(=O)NCCc3ccccc3)c12. The van der Waals surface area contributed by atoms with Crippen molar-refractivity contribution in [2.45, 2.75) is 13.3 Å². The van der Waals surface area contributed by atoms with E-state index in [9.17, 15) is 14.0 Å². The molecule has 4 aromatic rings. The van der Waals surface area contributed by atoms with Crippen LogP contribution in [0.15, 0.2) is 65.2 Å². The van der Waals surface area contributed by atoms with Gasteiger partial charge in [0.15, 0.2) is 6.61 Å². The van der Waals surface area contributed by atoms with Crippen LogP contribution in [0, 0.1) is 12.7 Å². The molecule has 0 aliphatic carbocycles. The van der Waals surface area contributed by atoms with E-state index in [-0.39, 0.29) is 17.1 Å². The van der Waals surface area contributed by atoms with Gasteiger partial charge in [-0.2, -0.15) is 0 Å². The van der Waals surface area contributed by atoms with E-state index in [1.165, 1.54) is 18.2 Å². The number of carbonyl (C=O) groups is 2. The second-order valence-electron chi connectivity index (χ2n) is 7.17. The number of hydrogen-bond acceptors (Lipinski definition) is 6. The Kier molecular flexibility index (Phi) is 6.21. The molecule has 0 aliphatic rings. The van der Waals surface area contributed by atoms with Crippen molar-refractivity contribution < 1.29 is 23.2 Å². The zero-order valence-electron chi connectivity index (χ0n) is 17.3. The highest BCUT2D eigenvalue weighted by Gasteiger charge is 2.21. The highest BCUT2D eigenvalue weighted by atomic mass is 19.1. The van der Waals surface area contributed by atoms with Crippen molar-refractivity contribution in [2.24, 2.45) is 0 Å². The lowest BCUT2D eigenvalue weighted by molar-refractivity contribution is -0.124. The number of nitrogens with one attached hydrogen (secondary N) is 1. The molecule has 0 fully saturated rings. The molecule has 4 rings (SSSR count). The van der Waals surface area contributed by atoms with Crippen LogP contribution >= 0.6 is 0 Å². The summed E-state index contributed by atoms with van der Waals surface area (Å²) in [6.07, 6.45) is 0.673. The third kappa shape index (κ3) is 4.80. The smallest absolute Gasteiger partial charge is 0.339 e. The first kappa shape index (κ1) is 21.2. The predicted octanol–water partition coefficient (Wildman–Crippen LogP) is 3.85. The molecule has 1 N–H and O–H groups in total. The molecule has 0 atom stereocenters. The second-order valence-corrected chi connectivity index (χ2v) is 7.17. The fraction of sp³-hybridized carbons (Fsp3) is 0.167. The first-order chi connectivity index (χ1) is 15.5. The summed E-state index contributed by atoms with van der Waals surface area (Å²) in [6.45, 7) is 1.69. The van der Waals surface area contributed by atoms with Crippen molar-refractivity contribution in [3.05, 3.63) is 83.3 Å². The largest absolute Gasteiger partial charge is 0.452 e. The van der Waals surface area contributed by atoms with Gasteiger partial charge in [-0.1, -0.05) is 35.5 Å². The summed E-state index contributed by atoms with van der Waals surface area (Å²) in [4.78, 5) is 29.3. The van der Waals surface area contributed by atoms with Crippen LogP contribution in [0.4, 0.5) is 4.39 Å². The van der Waals surface area contributed by atoms with Crippen molar-refractivity contribution >= 4 is 23.0 Å². The number of aromatic nitrogens is 2. The van der Waals surface area contributed by atoms with Crippen LogP contribution in [0.25, 0.3) is 22.4 Å². The number of pyridine rings is 1. The molecule has 7 nitrogen and oxygen atoms in total. The maximum Gasteiger partial charge on any atom is 0.339 e. The Hall–Kier alpha value is -4.07. The van der Waals surface area contributed by atoms with E-state index in [1.807, 2.05) is 30.3 Å². The number of aryl methyl sites for hydroxylation is 1. The number of rotatable bonds is 7. The minimum Gasteiger partial charge on any atom is -0.452 e. The lowest BCUT2D eigenvalue weighted by atomic mass is 10.1. The van der Waals surface area contributed by atoms with Gasteiger partial charge in [0, 0.05) is 12.1 Å². The molecule has 0 saturated heterocycles. The molecule has 0 saturated carbocycles. The van der Waals surface area contributed by atoms with Crippen molar-refractivity contribution in [2.75, 3.05) is 13.2 Å². The van der Waals surface area contributed by atoms with E-state index in [0.29, 0.717) is 35.3 Å². The van der Waals surface area contributed by atoms with E-state index < -0.39 is 18.5 Å². The van der Waals surface area contributed by atoms with E-state index >= 15 is 0 Å². The number of fused-ring (bicyclic) bond motifs is 1. The number of esters is 1. The number of benzene rings is 2. The Labute approximate surface area is 183 Å². The van der Waals surface area contributed by atoms with Crippen LogP contribution in [-0.4, -0.2) is 35.2 Å². The van der Waals surface area contributed by atoms with Crippen LogP contribution in [0.5, 0.6) is 0 Å². The normalized spacial score (nSPS) is 10.8. The number of nitrogens with zero attached hydrogens (tertiary/aromatic N) is 2. The number of amides is 1. The van der Waals surface area contributed by atoms with E-state index in [1.54, 1.807) is 19.1 Å². The monoisotopic (exact) mass is 433 g/mol. The lowest BCUT2D eigenvalue weighted by Gasteiger charge is -2.09. The van der Waals surface area contributed by atoms with Crippen molar-refractivity contribution in [1.29, 1.82) is 0 Å². The molecule has 0 spiro atoms. The molecule has 2 aromatic heterocycles. The first-order valence-corrected chi connectivity index (χ1v) is 10.0. The number of hydrogen-bond donors (Lipinski definition) is 1. The first-order valence-electron chi connectivity index (χ1n) is 10.0. The standard InChI is InChI=1S/C24H20FN3O4/c1-15-22-19(13-20(27-23(22)32-28-15)17-7-9-18(25)10-8-17)24(30)31-14-21(29)26-12-11-16-5-3-2-4-6-16/h2-10,13H,11-12,14H2,1H3,(H,26,29). The number of carbonyl (C=O) groups excluding carboxylic acids is 2. The molecule has 0 aliphatic heterocycles. The average molecular weight is 433 g/mol. The maximum atomic E-state index is 13.3. The van der Waals surface area contributed by atoms with Gasteiger partial charge in [-0.05, 0) is 49.2 Å². The van der Waals surface area contributed by atoms with Gasteiger partial charge in [0.1, 0.15) is 5.82 Å². The molecular weight excluding hydrogens is 413 g/mol. The topological polar surface area (TPSA) is 94.3 Å². The van der Waals surface area contributed by atoms with Gasteiger partial charge in [0.25, 0.3) is 11.6 Å². The van der Waals surface area contributed by atoms with Gasteiger partial charge in [-0.25, -0.2) is 14.2 Å². The summed E-state index contributed by atoms with van der Waals surface area (Å²) in [5, 5.41) is 7.00. The molecule has 1 amide bonds. The van der Waals surface area contributed by atoms with Crippen LogP contribution in [0.1, 0.15) is 21.6 Å². The number of ether oxygens (including phenoxy) is 1. The fourth-order valence-electron chi connectivity index (χ4n) is 3.28. The van der Waals surface area contributed by atoms with Crippen LogP contribution in [0.2, 0.25) is 0 Å². The Bertz CT molecular complexity index is 1250. The summed E-state index contributed by atoms with van der Waals surface area (Å²) in [5.74, 6) is -1.49. The summed E-state index contributed by atoms with van der Waals surface area (Å²) < 4.78 is 23.7. The number of halogens is 1. The Morgan fingerprint density at radius 2 is 1.84 bits per heavy atom. The van der Waals surface area contributed by atoms with Crippen molar-refractivity contribution in [3.8, 4) is 11.3 Å². The zero-order valence-corrected chi connectivity index (χ0v) is 17.3. The minimum absolute atomic E-state index is 0.156. The lowest BCUT2D eigenvalue weighted by Crippen LogP contribution is -2.30. The summed E-state index contributed by atoms with van der Waals surface area (Å²) >= 11 is 0. The van der Waals surface area contributed by atoms with Crippen molar-refractivity contribution in [1.82, 2.24) is 15.5 Å². The summed E-state index contributed by atoms with van der Waals surface area (Å²) in [6, 6.07) is 16.9. The quantitative estimate of drug-likeness (QED) is 0.445. The molecular formula is C24H20FN3O4. The Balaban J connectivity index is 1.45. The second kappa shape index (κ2) is 9.38. The third-order valence-corrected chi connectivity index (χ3v) is 4.89. The van der Waals surface area contributed by atoms with Gasteiger partial charge in [0.2, 0.25) is 0 Å². The van der Waals surface area contributed by atoms with Gasteiger partial charge in [-0.15, -0.1) is 0 Å². The predicted molar refractivity (Wildman–Crippen MR) is 115 cm³/mol. The third-order valence-electron chi connectivity index (χ3n) is 4.89. The van der Waals surface area contributed by atoms with E-state index in [4.69, 9.17) is 9.26 Å². The van der Waals surface area contributed by atoms with E-state index in [0.717, 1.165) is 5.56 Å². The molecule has 2 heterocycles. The highest BCUT2D eigenvalue weighted by Crippen LogP contribution is 2.27. The minimum atomic E-state index is -0.703. The van der Waals surface area contributed by atoms with Gasteiger partial charge in [0.05, 0.1) is 22.3 Å². The molecule has 32 heavy (non-hydrogen) atoms. The van der Waals surface area contributed by atoms with Gasteiger partial charge >= 0.3 is 5.97 Å². The molecule has 0 radical (unpaired) electrons. The van der Waals surface area contributed by atoms with Crippen molar-refractivity contribution in [3.63, 3.8) is 0 Å². The molecule has 162 valence electrons. The van der Waals surface area contributed by atoms with Crippen LogP contribution in [-0.2, 0) is 16.0 Å².